The molecule has 0 spiro atoms. The molecule has 0 radical (unpaired) electrons. The van der Waals surface area contributed by atoms with Crippen LogP contribution in [0.2, 0.25) is 0 Å². The Morgan fingerprint density at radius 1 is 1.53 bits per heavy atom. The summed E-state index contributed by atoms with van der Waals surface area (Å²) in [5.41, 5.74) is 6.04. The lowest BCUT2D eigenvalue weighted by Gasteiger charge is -2.11. The fraction of sp³-hybridized carbons (Fsp3) is 0.455. The molecule has 106 valence electrons. The van der Waals surface area contributed by atoms with E-state index in [0.29, 0.717) is 18.7 Å². The second kappa shape index (κ2) is 6.60. The number of hydrogen-bond acceptors (Lipinski definition) is 6. The number of sulfone groups is 1. The molecule has 1 amide bonds. The van der Waals surface area contributed by atoms with E-state index < -0.39 is 15.9 Å². The topological polar surface area (TPSA) is 111 Å². The van der Waals surface area contributed by atoms with E-state index in [4.69, 9.17) is 10.5 Å². The number of carbonyl (C=O) groups excluding carboxylic acids is 1. The highest BCUT2D eigenvalue weighted by molar-refractivity contribution is 7.90. The van der Waals surface area contributed by atoms with Crippen LogP contribution in [0, 0.1) is 0 Å². The third kappa shape index (κ3) is 4.93. The molecule has 19 heavy (non-hydrogen) atoms. The molecular formula is C11H17N3O4S. The van der Waals surface area contributed by atoms with Crippen molar-refractivity contribution in [3.63, 3.8) is 0 Å². The van der Waals surface area contributed by atoms with Crippen LogP contribution in [0.4, 0.5) is 5.69 Å². The van der Waals surface area contributed by atoms with Crippen LogP contribution >= 0.6 is 0 Å². The lowest BCUT2D eigenvalue weighted by molar-refractivity contribution is -0.117. The third-order valence-corrected chi connectivity index (χ3v) is 3.35. The Hall–Kier alpha value is -1.51. The number of amides is 1. The highest BCUT2D eigenvalue weighted by Crippen LogP contribution is 2.10. The van der Waals surface area contributed by atoms with Crippen molar-refractivity contribution < 1.29 is 17.9 Å². The van der Waals surface area contributed by atoms with Gasteiger partial charge in [-0.1, -0.05) is 0 Å². The van der Waals surface area contributed by atoms with Gasteiger partial charge in [0.25, 0.3) is 0 Å². The zero-order chi connectivity index (χ0) is 14.5. The molecule has 1 aromatic rings. The van der Waals surface area contributed by atoms with Gasteiger partial charge in [0, 0.05) is 20.0 Å². The number of nitrogens with zero attached hydrogens (tertiary/aromatic N) is 1. The summed E-state index contributed by atoms with van der Waals surface area (Å²) in [6, 6.07) is 2.10. The van der Waals surface area contributed by atoms with E-state index in [0.717, 1.165) is 6.26 Å². The Bertz CT molecular complexity index is 527. The van der Waals surface area contributed by atoms with Crippen molar-refractivity contribution in [2.75, 3.05) is 25.3 Å². The predicted molar refractivity (Wildman–Crippen MR) is 70.4 cm³/mol. The maximum absolute atomic E-state index is 11.7. The van der Waals surface area contributed by atoms with Crippen LogP contribution in [-0.4, -0.2) is 45.3 Å². The quantitative estimate of drug-likeness (QED) is 0.748. The first-order valence-corrected chi connectivity index (χ1v) is 7.45. The second-order valence-electron chi connectivity index (χ2n) is 4.03. The molecule has 0 fully saturated rings. The summed E-state index contributed by atoms with van der Waals surface area (Å²) in [5, 5.41) is 2.51. The van der Waals surface area contributed by atoms with E-state index >= 15 is 0 Å². The van der Waals surface area contributed by atoms with Crippen molar-refractivity contribution in [1.82, 2.24) is 4.98 Å². The van der Waals surface area contributed by atoms with Crippen molar-refractivity contribution in [2.45, 2.75) is 17.5 Å². The number of pyridine rings is 1. The van der Waals surface area contributed by atoms with Crippen molar-refractivity contribution in [3.8, 4) is 0 Å². The summed E-state index contributed by atoms with van der Waals surface area (Å²) in [5.74, 6) is -0.369. The summed E-state index contributed by atoms with van der Waals surface area (Å²) in [6.45, 7) is 0.389. The number of aromatic nitrogens is 1. The largest absolute Gasteiger partial charge is 0.385 e. The van der Waals surface area contributed by atoms with Crippen LogP contribution in [0.15, 0.2) is 23.4 Å². The van der Waals surface area contributed by atoms with E-state index in [1.165, 1.54) is 25.4 Å². The van der Waals surface area contributed by atoms with Crippen LogP contribution in [-0.2, 0) is 19.4 Å². The van der Waals surface area contributed by atoms with E-state index in [2.05, 4.69) is 10.3 Å². The minimum absolute atomic E-state index is 0.0471. The van der Waals surface area contributed by atoms with Gasteiger partial charge in [-0.2, -0.15) is 0 Å². The standard InChI is InChI=1S/C11H17N3O4S/c1-18-6-5-9(12)11(15)14-8-3-4-10(13-7-8)19(2,16)17/h3-4,7,9H,5-6,12H2,1-2H3,(H,14,15). The number of rotatable bonds is 6. The number of methoxy groups -OCH3 is 1. The first-order chi connectivity index (χ1) is 8.84. The summed E-state index contributed by atoms with van der Waals surface area (Å²) in [6.07, 6.45) is 2.74. The number of nitrogens with one attached hydrogen (secondary N) is 1. The molecule has 0 aliphatic carbocycles. The Labute approximate surface area is 112 Å². The van der Waals surface area contributed by atoms with Crippen molar-refractivity contribution in [1.29, 1.82) is 0 Å². The number of ether oxygens (including phenoxy) is 1. The normalized spacial score (nSPS) is 13.0. The molecule has 1 heterocycles. The molecule has 0 aromatic carbocycles. The summed E-state index contributed by atoms with van der Waals surface area (Å²) >= 11 is 0. The highest BCUT2D eigenvalue weighted by atomic mass is 32.2. The Kier molecular flexibility index (Phi) is 5.40. The van der Waals surface area contributed by atoms with Gasteiger partial charge in [-0.25, -0.2) is 13.4 Å². The molecule has 0 saturated carbocycles. The number of nitrogens with two attached hydrogens (primary N) is 1. The number of carbonyl (C=O) groups is 1. The zero-order valence-electron chi connectivity index (χ0n) is 10.8. The van der Waals surface area contributed by atoms with E-state index in [1.807, 2.05) is 0 Å². The smallest absolute Gasteiger partial charge is 0.241 e. The van der Waals surface area contributed by atoms with Gasteiger partial charge in [0.1, 0.15) is 0 Å². The molecule has 1 rings (SSSR count). The molecule has 1 unspecified atom stereocenters. The molecule has 8 heteroatoms. The lowest BCUT2D eigenvalue weighted by atomic mass is 10.2. The van der Waals surface area contributed by atoms with E-state index in [-0.39, 0.29) is 10.9 Å². The number of hydrogen-bond donors (Lipinski definition) is 2. The first-order valence-electron chi connectivity index (χ1n) is 5.56. The minimum atomic E-state index is -3.34. The van der Waals surface area contributed by atoms with Crippen LogP contribution in [0.3, 0.4) is 0 Å². The lowest BCUT2D eigenvalue weighted by Crippen LogP contribution is -2.36. The highest BCUT2D eigenvalue weighted by Gasteiger charge is 2.14. The zero-order valence-corrected chi connectivity index (χ0v) is 11.6. The van der Waals surface area contributed by atoms with E-state index in [9.17, 15) is 13.2 Å². The Morgan fingerprint density at radius 2 is 2.21 bits per heavy atom. The van der Waals surface area contributed by atoms with Gasteiger partial charge in [0.15, 0.2) is 14.9 Å². The Balaban J connectivity index is 2.65. The maximum Gasteiger partial charge on any atom is 0.241 e. The fourth-order valence-corrected chi connectivity index (χ4v) is 1.84. The monoisotopic (exact) mass is 287 g/mol. The SMILES string of the molecule is COCCC(N)C(=O)Nc1ccc(S(C)(=O)=O)nc1. The molecule has 0 aliphatic heterocycles. The van der Waals surface area contributed by atoms with Crippen LogP contribution in [0.5, 0.6) is 0 Å². The molecule has 7 nitrogen and oxygen atoms in total. The van der Waals surface area contributed by atoms with Crippen molar-refractivity contribution in [2.24, 2.45) is 5.73 Å². The first kappa shape index (κ1) is 15.5. The van der Waals surface area contributed by atoms with Crippen LogP contribution in [0.1, 0.15) is 6.42 Å². The van der Waals surface area contributed by atoms with Crippen molar-refractivity contribution in [3.05, 3.63) is 18.3 Å². The molecular weight excluding hydrogens is 270 g/mol. The molecule has 0 aliphatic rings. The van der Waals surface area contributed by atoms with Gasteiger partial charge in [-0.05, 0) is 18.6 Å². The average molecular weight is 287 g/mol. The van der Waals surface area contributed by atoms with Gasteiger partial charge in [0.05, 0.1) is 17.9 Å². The van der Waals surface area contributed by atoms with E-state index in [1.54, 1.807) is 0 Å². The van der Waals surface area contributed by atoms with Gasteiger partial charge in [-0.15, -0.1) is 0 Å². The summed E-state index contributed by atoms with van der Waals surface area (Å²) in [4.78, 5) is 15.4. The third-order valence-electron chi connectivity index (χ3n) is 2.35. The average Bonchev–Trinajstić information content (AvgIpc) is 2.35. The molecule has 1 aromatic heterocycles. The number of anilines is 1. The molecule has 0 saturated heterocycles. The second-order valence-corrected chi connectivity index (χ2v) is 6.00. The van der Waals surface area contributed by atoms with Gasteiger partial charge < -0.3 is 15.8 Å². The maximum atomic E-state index is 11.7. The minimum Gasteiger partial charge on any atom is -0.385 e. The van der Waals surface area contributed by atoms with Gasteiger partial charge >= 0.3 is 0 Å². The summed E-state index contributed by atoms with van der Waals surface area (Å²) < 4.78 is 27.2. The molecule has 3 N–H and O–H groups in total. The van der Waals surface area contributed by atoms with Crippen LogP contribution < -0.4 is 11.1 Å². The predicted octanol–water partition coefficient (Wildman–Crippen LogP) is -0.213. The summed E-state index contributed by atoms with van der Waals surface area (Å²) in [7, 11) is -1.82. The molecule has 1 atom stereocenters. The Morgan fingerprint density at radius 3 is 2.68 bits per heavy atom. The fourth-order valence-electron chi connectivity index (χ4n) is 1.28. The molecule has 0 bridgehead atoms. The van der Waals surface area contributed by atoms with Crippen LogP contribution in [0.25, 0.3) is 0 Å². The van der Waals surface area contributed by atoms with Gasteiger partial charge in [-0.3, -0.25) is 4.79 Å². The van der Waals surface area contributed by atoms with Crippen molar-refractivity contribution >= 4 is 21.4 Å². The van der Waals surface area contributed by atoms with Gasteiger partial charge in [0.2, 0.25) is 5.91 Å².